The van der Waals surface area contributed by atoms with Crippen LogP contribution in [0.25, 0.3) is 5.76 Å². The molecule has 7 nitrogen and oxygen atoms in total. The number of carbonyl (C=O) groups excluding carboxylic acids is 1. The number of rotatable bonds is 5. The summed E-state index contributed by atoms with van der Waals surface area (Å²) in [5.41, 5.74) is 1.16. The van der Waals surface area contributed by atoms with Crippen LogP contribution in [0.4, 0.5) is 4.79 Å². The quantitative estimate of drug-likeness (QED) is 0.864. The Hall–Kier alpha value is -2.70. The van der Waals surface area contributed by atoms with Gasteiger partial charge in [-0.1, -0.05) is 18.2 Å². The first-order chi connectivity index (χ1) is 12.1. The van der Waals surface area contributed by atoms with E-state index in [1.54, 1.807) is 11.9 Å². The van der Waals surface area contributed by atoms with Gasteiger partial charge in [-0.25, -0.2) is 9.59 Å². The second kappa shape index (κ2) is 7.68. The summed E-state index contributed by atoms with van der Waals surface area (Å²) in [4.78, 5) is 24.6. The highest BCUT2D eigenvalue weighted by Crippen LogP contribution is 2.25. The van der Waals surface area contributed by atoms with Crippen molar-refractivity contribution in [2.24, 2.45) is 0 Å². The van der Waals surface area contributed by atoms with Crippen LogP contribution in [-0.4, -0.2) is 47.0 Å². The number of ether oxygens (including phenoxy) is 3. The van der Waals surface area contributed by atoms with E-state index in [2.05, 4.69) is 0 Å². The fraction of sp³-hybridized carbons (Fsp3) is 0.474. The predicted molar refractivity (Wildman–Crippen MR) is 95.2 cm³/mol. The first-order valence-electron chi connectivity index (χ1n) is 8.37. The van der Waals surface area contributed by atoms with Gasteiger partial charge in [0.2, 0.25) is 0 Å². The Balaban J connectivity index is 2.02. The number of hydrogen-bond acceptors (Lipinski definition) is 5. The number of nitrogens with zero attached hydrogens (tertiary/aromatic N) is 1. The number of carboxylic acids is 1. The van der Waals surface area contributed by atoms with Crippen LogP contribution in [0.5, 0.6) is 0 Å². The van der Waals surface area contributed by atoms with E-state index in [1.165, 1.54) is 6.26 Å². The number of hydrogen-bond donors (Lipinski definition) is 1. The average molecular weight is 363 g/mol. The lowest BCUT2D eigenvalue weighted by Gasteiger charge is -2.28. The van der Waals surface area contributed by atoms with Gasteiger partial charge in [0.15, 0.2) is 5.76 Å². The minimum absolute atomic E-state index is 0.0819. The summed E-state index contributed by atoms with van der Waals surface area (Å²) in [5.74, 6) is -0.813. The molecule has 1 aliphatic rings. The second-order valence-electron chi connectivity index (χ2n) is 7.25. The van der Waals surface area contributed by atoms with Crippen LogP contribution < -0.4 is 0 Å². The SMILES string of the molecule is CC(Cc1cccc(C2=COC(C(=O)O)O2)c1)N(C)C(=O)OC(C)(C)C. The number of benzene rings is 1. The zero-order chi connectivity index (χ0) is 19.5. The number of carboxylic acid groups (broad SMARTS) is 1. The van der Waals surface area contributed by atoms with Crippen LogP contribution in [0, 0.1) is 0 Å². The van der Waals surface area contributed by atoms with E-state index in [1.807, 2.05) is 52.0 Å². The van der Waals surface area contributed by atoms with Gasteiger partial charge in [-0.2, -0.15) is 0 Å². The summed E-state index contributed by atoms with van der Waals surface area (Å²) >= 11 is 0. The third-order valence-electron chi connectivity index (χ3n) is 3.82. The normalized spacial score (nSPS) is 17.6. The minimum atomic E-state index is -1.31. The second-order valence-corrected chi connectivity index (χ2v) is 7.25. The molecule has 0 radical (unpaired) electrons. The number of likely N-dealkylation sites (N-methyl/N-ethyl adjacent to an activating group) is 1. The van der Waals surface area contributed by atoms with Crippen molar-refractivity contribution in [3.8, 4) is 0 Å². The van der Waals surface area contributed by atoms with Crippen molar-refractivity contribution in [2.75, 3.05) is 7.05 Å². The maximum atomic E-state index is 12.2. The van der Waals surface area contributed by atoms with Gasteiger partial charge < -0.3 is 24.2 Å². The average Bonchev–Trinajstić information content (AvgIpc) is 3.03. The molecule has 0 aliphatic carbocycles. The van der Waals surface area contributed by atoms with Crippen molar-refractivity contribution >= 4 is 17.8 Å². The summed E-state index contributed by atoms with van der Waals surface area (Å²) in [6.45, 7) is 7.42. The van der Waals surface area contributed by atoms with Crippen molar-refractivity contribution < 1.29 is 28.9 Å². The van der Waals surface area contributed by atoms with Crippen molar-refractivity contribution in [3.05, 3.63) is 41.7 Å². The van der Waals surface area contributed by atoms with Crippen LogP contribution in [-0.2, 0) is 25.4 Å². The smallest absolute Gasteiger partial charge is 0.410 e. The number of amides is 1. The lowest BCUT2D eigenvalue weighted by molar-refractivity contribution is -0.161. The van der Waals surface area contributed by atoms with Crippen molar-refractivity contribution in [3.63, 3.8) is 0 Å². The molecule has 7 heteroatoms. The van der Waals surface area contributed by atoms with E-state index >= 15 is 0 Å². The summed E-state index contributed by atoms with van der Waals surface area (Å²) in [5, 5.41) is 8.91. The highest BCUT2D eigenvalue weighted by Gasteiger charge is 2.28. The van der Waals surface area contributed by atoms with Crippen LogP contribution in [0.1, 0.15) is 38.8 Å². The van der Waals surface area contributed by atoms with Gasteiger partial charge in [0.05, 0.1) is 0 Å². The largest absolute Gasteiger partial charge is 0.476 e. The molecular weight excluding hydrogens is 338 g/mol. The Morgan fingerprint density at radius 3 is 2.62 bits per heavy atom. The Labute approximate surface area is 153 Å². The van der Waals surface area contributed by atoms with Crippen molar-refractivity contribution in [1.82, 2.24) is 4.90 Å². The number of carbonyl (C=O) groups is 2. The summed E-state index contributed by atoms with van der Waals surface area (Å²) in [7, 11) is 1.70. The lowest BCUT2D eigenvalue weighted by atomic mass is 10.0. The summed E-state index contributed by atoms with van der Waals surface area (Å²) < 4.78 is 15.6. The van der Waals surface area contributed by atoms with E-state index in [0.717, 1.165) is 11.1 Å². The van der Waals surface area contributed by atoms with Gasteiger partial charge in [-0.05, 0) is 45.7 Å². The topological polar surface area (TPSA) is 85.3 Å². The van der Waals surface area contributed by atoms with Crippen LogP contribution in [0.15, 0.2) is 30.5 Å². The lowest BCUT2D eigenvalue weighted by Crippen LogP contribution is -2.40. The molecule has 0 bridgehead atoms. The molecule has 26 heavy (non-hydrogen) atoms. The fourth-order valence-electron chi connectivity index (χ4n) is 2.38. The molecular formula is C19H25NO6. The Morgan fingerprint density at radius 2 is 2.04 bits per heavy atom. The summed E-state index contributed by atoms with van der Waals surface area (Å²) in [6.07, 6.45) is 0.223. The maximum Gasteiger partial charge on any atom is 0.410 e. The minimum Gasteiger partial charge on any atom is -0.476 e. The van der Waals surface area contributed by atoms with Crippen molar-refractivity contribution in [2.45, 2.75) is 52.0 Å². The molecule has 1 aromatic rings. The standard InChI is InChI=1S/C19H25NO6/c1-12(20(5)18(23)26-19(2,3)4)9-13-7-6-8-14(10-13)15-11-24-17(25-15)16(21)22/h6-8,10-12,17H,9H2,1-5H3,(H,21,22). The Bertz CT molecular complexity index is 706. The molecule has 1 heterocycles. The van der Waals surface area contributed by atoms with Gasteiger partial charge >= 0.3 is 18.4 Å². The van der Waals surface area contributed by atoms with Gasteiger partial charge in [0, 0.05) is 18.7 Å². The van der Waals surface area contributed by atoms with Crippen LogP contribution in [0.2, 0.25) is 0 Å². The molecule has 1 aromatic carbocycles. The summed E-state index contributed by atoms with van der Waals surface area (Å²) in [6, 6.07) is 7.41. The third-order valence-corrected chi connectivity index (χ3v) is 3.82. The van der Waals surface area contributed by atoms with Crippen LogP contribution >= 0.6 is 0 Å². The van der Waals surface area contributed by atoms with Crippen molar-refractivity contribution in [1.29, 1.82) is 0 Å². The van der Waals surface area contributed by atoms with E-state index in [-0.39, 0.29) is 12.1 Å². The van der Waals surface area contributed by atoms with Gasteiger partial charge in [0.25, 0.3) is 0 Å². The van der Waals surface area contributed by atoms with E-state index < -0.39 is 17.9 Å². The number of aliphatic carboxylic acids is 1. The molecule has 2 unspecified atom stereocenters. The highest BCUT2D eigenvalue weighted by molar-refractivity contribution is 5.74. The molecule has 0 fully saturated rings. The first kappa shape index (κ1) is 19.6. The van der Waals surface area contributed by atoms with Gasteiger partial charge in [-0.3, -0.25) is 0 Å². The molecule has 1 N–H and O–H groups in total. The Kier molecular flexibility index (Phi) is 5.79. The molecule has 142 valence electrons. The molecule has 2 rings (SSSR count). The zero-order valence-corrected chi connectivity index (χ0v) is 15.7. The zero-order valence-electron chi connectivity index (χ0n) is 15.7. The fourth-order valence-corrected chi connectivity index (χ4v) is 2.38. The molecule has 1 aliphatic heterocycles. The third kappa shape index (κ3) is 5.15. The molecule has 2 atom stereocenters. The van der Waals surface area contributed by atoms with E-state index in [4.69, 9.17) is 19.3 Å². The molecule has 0 spiro atoms. The van der Waals surface area contributed by atoms with Gasteiger partial charge in [0.1, 0.15) is 11.9 Å². The molecule has 0 saturated carbocycles. The van der Waals surface area contributed by atoms with E-state index in [9.17, 15) is 9.59 Å². The molecule has 1 amide bonds. The monoisotopic (exact) mass is 363 g/mol. The highest BCUT2D eigenvalue weighted by atomic mass is 16.7. The molecule has 0 saturated heterocycles. The van der Waals surface area contributed by atoms with Crippen LogP contribution in [0.3, 0.4) is 0 Å². The Morgan fingerprint density at radius 1 is 1.35 bits per heavy atom. The maximum absolute atomic E-state index is 12.2. The van der Waals surface area contributed by atoms with Gasteiger partial charge in [-0.15, -0.1) is 0 Å². The van der Waals surface area contributed by atoms with E-state index in [0.29, 0.717) is 12.2 Å². The predicted octanol–water partition coefficient (Wildman–Crippen LogP) is 3.24. The molecule has 0 aromatic heterocycles. The first-order valence-corrected chi connectivity index (χ1v) is 8.37.